The number of aromatic nitrogens is 2. The van der Waals surface area contributed by atoms with E-state index in [2.05, 4.69) is 48.6 Å². The highest BCUT2D eigenvalue weighted by atomic mass is 19.3. The fourth-order valence-electron chi connectivity index (χ4n) is 4.67. The number of halogens is 2. The quantitative estimate of drug-likeness (QED) is 0.712. The van der Waals surface area contributed by atoms with Crippen molar-refractivity contribution < 1.29 is 18.1 Å². The van der Waals surface area contributed by atoms with E-state index in [0.717, 1.165) is 37.9 Å². The Hall–Kier alpha value is -0.985. The third-order valence-corrected chi connectivity index (χ3v) is 7.43. The molecule has 29 heavy (non-hydrogen) atoms. The number of alkyl halides is 2. The maximum Gasteiger partial charge on any atom is 0.498 e. The molecule has 0 N–H and O–H groups in total. The van der Waals surface area contributed by atoms with Crippen LogP contribution in [-0.2, 0) is 9.31 Å². The molecule has 5 nitrogen and oxygen atoms in total. The molecule has 3 heterocycles. The van der Waals surface area contributed by atoms with E-state index in [4.69, 9.17) is 9.31 Å². The second-order valence-electron chi connectivity index (χ2n) is 10.2. The summed E-state index contributed by atoms with van der Waals surface area (Å²) in [6.45, 7) is 11.2. The molecule has 3 aliphatic rings. The standard InChI is InChI=1S/C21H34BF2N3O2/c1-19(2)20(3,4)29-22(28-19)17-13-25-27(15-17)18-7-11-26(12-8-18)14-16-5-9-21(23,24)10-6-16/h13,15-16,18H,5-12,14H2,1-4H3. The van der Waals surface area contributed by atoms with Gasteiger partial charge in [-0.25, -0.2) is 8.78 Å². The zero-order chi connectivity index (χ0) is 20.9. The van der Waals surface area contributed by atoms with Crippen LogP contribution in [0.1, 0.15) is 72.3 Å². The van der Waals surface area contributed by atoms with Crippen molar-refractivity contribution in [1.29, 1.82) is 0 Å². The van der Waals surface area contributed by atoms with E-state index in [1.807, 2.05) is 6.20 Å². The van der Waals surface area contributed by atoms with Crippen LogP contribution in [0.2, 0.25) is 0 Å². The minimum Gasteiger partial charge on any atom is -0.399 e. The topological polar surface area (TPSA) is 39.5 Å². The SMILES string of the molecule is CC1(C)OB(c2cnn(C3CCN(CC4CCC(F)(F)CC4)CC3)c2)OC1(C)C. The Balaban J connectivity index is 1.28. The van der Waals surface area contributed by atoms with Crippen LogP contribution in [0.3, 0.4) is 0 Å². The van der Waals surface area contributed by atoms with E-state index >= 15 is 0 Å². The summed E-state index contributed by atoms with van der Waals surface area (Å²) < 4.78 is 41.0. The zero-order valence-electron chi connectivity index (χ0n) is 18.2. The summed E-state index contributed by atoms with van der Waals surface area (Å²) in [6, 6.07) is 0.373. The maximum atomic E-state index is 13.4. The van der Waals surface area contributed by atoms with Crippen LogP contribution in [-0.4, -0.2) is 58.6 Å². The van der Waals surface area contributed by atoms with Gasteiger partial charge in [-0.2, -0.15) is 5.10 Å². The van der Waals surface area contributed by atoms with Crippen LogP contribution in [0, 0.1) is 5.92 Å². The first-order chi connectivity index (χ1) is 13.5. The number of rotatable bonds is 4. The van der Waals surface area contributed by atoms with Gasteiger partial charge in [0.1, 0.15) is 0 Å². The first-order valence-electron chi connectivity index (χ1n) is 11.0. The average molecular weight is 409 g/mol. The highest BCUT2D eigenvalue weighted by Gasteiger charge is 2.52. The van der Waals surface area contributed by atoms with Crippen LogP contribution in [0.25, 0.3) is 0 Å². The molecule has 1 aliphatic carbocycles. The van der Waals surface area contributed by atoms with E-state index in [0.29, 0.717) is 24.8 Å². The van der Waals surface area contributed by atoms with Crippen molar-refractivity contribution in [3.8, 4) is 0 Å². The van der Waals surface area contributed by atoms with Gasteiger partial charge in [-0.15, -0.1) is 0 Å². The van der Waals surface area contributed by atoms with E-state index in [-0.39, 0.29) is 31.2 Å². The van der Waals surface area contributed by atoms with Gasteiger partial charge in [-0.1, -0.05) is 0 Å². The van der Waals surface area contributed by atoms with Crippen molar-refractivity contribution in [3.05, 3.63) is 12.4 Å². The highest BCUT2D eigenvalue weighted by Crippen LogP contribution is 2.38. The third-order valence-electron chi connectivity index (χ3n) is 7.43. The van der Waals surface area contributed by atoms with Crippen LogP contribution in [0.15, 0.2) is 12.4 Å². The molecule has 0 bridgehead atoms. The molecule has 0 unspecified atom stereocenters. The first-order valence-corrected chi connectivity index (χ1v) is 11.0. The molecule has 0 atom stereocenters. The van der Waals surface area contributed by atoms with Gasteiger partial charge in [0.15, 0.2) is 0 Å². The minimum atomic E-state index is -2.43. The molecule has 2 saturated heterocycles. The lowest BCUT2D eigenvalue weighted by Gasteiger charge is -2.36. The van der Waals surface area contributed by atoms with Crippen molar-refractivity contribution >= 4 is 12.6 Å². The Labute approximate surface area is 173 Å². The summed E-state index contributed by atoms with van der Waals surface area (Å²) in [7, 11) is -0.377. The molecule has 0 amide bonds. The Bertz CT molecular complexity index is 691. The molecule has 0 radical (unpaired) electrons. The summed E-state index contributed by atoms with van der Waals surface area (Å²) in [5.74, 6) is -2.01. The molecule has 2 aliphatic heterocycles. The molecule has 1 aromatic heterocycles. The van der Waals surface area contributed by atoms with Gasteiger partial charge >= 0.3 is 7.12 Å². The monoisotopic (exact) mass is 409 g/mol. The van der Waals surface area contributed by atoms with E-state index in [9.17, 15) is 8.78 Å². The zero-order valence-corrected chi connectivity index (χ0v) is 18.2. The molecule has 8 heteroatoms. The number of piperidine rings is 1. The summed E-state index contributed by atoms with van der Waals surface area (Å²) >= 11 is 0. The fraction of sp³-hybridized carbons (Fsp3) is 0.857. The van der Waals surface area contributed by atoms with Crippen LogP contribution < -0.4 is 5.46 Å². The van der Waals surface area contributed by atoms with Gasteiger partial charge in [-0.05, 0) is 59.3 Å². The lowest BCUT2D eigenvalue weighted by molar-refractivity contribution is -0.0496. The summed E-state index contributed by atoms with van der Waals surface area (Å²) in [6.07, 6.45) is 7.42. The summed E-state index contributed by atoms with van der Waals surface area (Å²) in [4.78, 5) is 2.45. The predicted octanol–water partition coefficient (Wildman–Crippen LogP) is 3.64. The lowest BCUT2D eigenvalue weighted by atomic mass is 9.82. The molecule has 0 spiro atoms. The fourth-order valence-corrected chi connectivity index (χ4v) is 4.67. The first kappa shape index (κ1) is 21.3. The van der Waals surface area contributed by atoms with Gasteiger partial charge in [0.2, 0.25) is 5.92 Å². The minimum absolute atomic E-state index is 0.0586. The summed E-state index contributed by atoms with van der Waals surface area (Å²) in [5, 5.41) is 4.59. The summed E-state index contributed by atoms with van der Waals surface area (Å²) in [5.41, 5.74) is 0.261. The van der Waals surface area contributed by atoms with Gasteiger partial charge in [0.25, 0.3) is 0 Å². The van der Waals surface area contributed by atoms with Crippen molar-refractivity contribution in [2.75, 3.05) is 19.6 Å². The second kappa shape index (κ2) is 7.61. The van der Waals surface area contributed by atoms with Gasteiger partial charge in [0, 0.05) is 50.3 Å². The molecule has 0 aromatic carbocycles. The number of nitrogens with zero attached hydrogens (tertiary/aromatic N) is 3. The van der Waals surface area contributed by atoms with Crippen molar-refractivity contribution in [3.63, 3.8) is 0 Å². The van der Waals surface area contributed by atoms with Crippen molar-refractivity contribution in [1.82, 2.24) is 14.7 Å². The Morgan fingerprint density at radius 1 is 1.03 bits per heavy atom. The third kappa shape index (κ3) is 4.54. The smallest absolute Gasteiger partial charge is 0.399 e. The normalized spacial score (nSPS) is 28.1. The largest absolute Gasteiger partial charge is 0.498 e. The molecule has 1 aromatic rings. The van der Waals surface area contributed by atoms with Crippen LogP contribution >= 0.6 is 0 Å². The number of hydrogen-bond donors (Lipinski definition) is 0. The van der Waals surface area contributed by atoms with Gasteiger partial charge in [0.05, 0.1) is 17.2 Å². The Kier molecular flexibility index (Phi) is 5.58. The second-order valence-corrected chi connectivity index (χ2v) is 10.2. The molecule has 4 rings (SSSR count). The number of likely N-dealkylation sites (tertiary alicyclic amines) is 1. The molecular formula is C21H34BF2N3O2. The number of hydrogen-bond acceptors (Lipinski definition) is 4. The van der Waals surface area contributed by atoms with Gasteiger partial charge in [-0.3, -0.25) is 4.68 Å². The molecule has 1 saturated carbocycles. The van der Waals surface area contributed by atoms with E-state index < -0.39 is 5.92 Å². The lowest BCUT2D eigenvalue weighted by Crippen LogP contribution is -2.41. The molecule has 162 valence electrons. The van der Waals surface area contributed by atoms with Crippen LogP contribution in [0.4, 0.5) is 8.78 Å². The van der Waals surface area contributed by atoms with E-state index in [1.54, 1.807) is 0 Å². The van der Waals surface area contributed by atoms with Crippen LogP contribution in [0.5, 0.6) is 0 Å². The molecular weight excluding hydrogens is 375 g/mol. The average Bonchev–Trinajstić information content (AvgIpc) is 3.20. The molecule has 3 fully saturated rings. The van der Waals surface area contributed by atoms with Crippen molar-refractivity contribution in [2.24, 2.45) is 5.92 Å². The van der Waals surface area contributed by atoms with Crippen molar-refractivity contribution in [2.45, 2.75) is 89.4 Å². The van der Waals surface area contributed by atoms with Gasteiger partial charge < -0.3 is 14.2 Å². The predicted molar refractivity (Wildman–Crippen MR) is 110 cm³/mol. The Morgan fingerprint density at radius 2 is 1.62 bits per heavy atom. The highest BCUT2D eigenvalue weighted by molar-refractivity contribution is 6.62. The maximum absolute atomic E-state index is 13.4. The van der Waals surface area contributed by atoms with E-state index in [1.165, 1.54) is 0 Å². The Morgan fingerprint density at radius 3 is 2.21 bits per heavy atom.